The van der Waals surface area contributed by atoms with Crippen LogP contribution in [0.4, 0.5) is 9.59 Å². The smallest absolute Gasteiger partial charge is 0.410 e. The number of esters is 1. The van der Waals surface area contributed by atoms with Crippen molar-refractivity contribution in [2.75, 3.05) is 40.3 Å². The van der Waals surface area contributed by atoms with E-state index < -0.39 is 23.3 Å². The van der Waals surface area contributed by atoms with Crippen LogP contribution in [0.15, 0.2) is 30.3 Å². The first-order valence-corrected chi connectivity index (χ1v) is 11.3. The highest BCUT2D eigenvalue weighted by Gasteiger charge is 2.55. The van der Waals surface area contributed by atoms with Gasteiger partial charge in [0.15, 0.2) is 0 Å². The number of ether oxygens (including phenoxy) is 3. The van der Waals surface area contributed by atoms with Crippen molar-refractivity contribution in [2.24, 2.45) is 0 Å². The molecule has 1 saturated heterocycles. The summed E-state index contributed by atoms with van der Waals surface area (Å²) in [5, 5.41) is 0. The predicted molar refractivity (Wildman–Crippen MR) is 122 cm³/mol. The molecule has 1 saturated carbocycles. The van der Waals surface area contributed by atoms with E-state index in [1.165, 1.54) is 7.11 Å². The molecule has 1 aliphatic carbocycles. The van der Waals surface area contributed by atoms with Gasteiger partial charge in [-0.3, -0.25) is 9.69 Å². The third-order valence-electron chi connectivity index (χ3n) is 6.08. The molecule has 0 spiro atoms. The molecule has 2 aliphatic rings. The minimum Gasteiger partial charge on any atom is -0.468 e. The number of amides is 2. The van der Waals surface area contributed by atoms with Gasteiger partial charge in [0, 0.05) is 26.2 Å². The Morgan fingerprint density at radius 2 is 1.76 bits per heavy atom. The molecule has 2 amide bonds. The molecule has 1 unspecified atom stereocenters. The Bertz CT molecular complexity index is 850. The number of piperazine rings is 1. The minimum atomic E-state index is -0.664. The van der Waals surface area contributed by atoms with Gasteiger partial charge in [0.2, 0.25) is 0 Å². The van der Waals surface area contributed by atoms with Crippen LogP contribution >= 0.6 is 0 Å². The summed E-state index contributed by atoms with van der Waals surface area (Å²) >= 11 is 0. The van der Waals surface area contributed by atoms with E-state index in [0.717, 1.165) is 5.56 Å². The number of benzene rings is 1. The Labute approximate surface area is 195 Å². The van der Waals surface area contributed by atoms with E-state index in [4.69, 9.17) is 14.2 Å². The zero-order valence-electron chi connectivity index (χ0n) is 20.2. The van der Waals surface area contributed by atoms with Crippen LogP contribution in [0.1, 0.15) is 39.2 Å². The Morgan fingerprint density at radius 3 is 2.33 bits per heavy atom. The van der Waals surface area contributed by atoms with Crippen molar-refractivity contribution in [1.82, 2.24) is 14.7 Å². The number of carbonyl (C=O) groups is 3. The molecule has 0 radical (unpaired) electrons. The van der Waals surface area contributed by atoms with Crippen molar-refractivity contribution >= 4 is 18.2 Å². The van der Waals surface area contributed by atoms with E-state index in [9.17, 15) is 14.4 Å². The van der Waals surface area contributed by atoms with Crippen molar-refractivity contribution in [1.29, 1.82) is 0 Å². The van der Waals surface area contributed by atoms with Crippen LogP contribution in [0.5, 0.6) is 0 Å². The lowest BCUT2D eigenvalue weighted by molar-refractivity contribution is -0.148. The molecule has 0 N–H and O–H groups in total. The molecule has 1 aliphatic heterocycles. The number of carbonyl (C=O) groups excluding carboxylic acids is 3. The summed E-state index contributed by atoms with van der Waals surface area (Å²) in [6, 6.07) is 9.12. The van der Waals surface area contributed by atoms with E-state index in [-0.39, 0.29) is 25.2 Å². The van der Waals surface area contributed by atoms with Crippen LogP contribution in [0.3, 0.4) is 0 Å². The summed E-state index contributed by atoms with van der Waals surface area (Å²) < 4.78 is 16.1. The lowest BCUT2D eigenvalue weighted by atomic mass is 10.1. The highest BCUT2D eigenvalue weighted by atomic mass is 16.6. The molecule has 0 aromatic heterocycles. The minimum absolute atomic E-state index is 0.167. The number of nitrogens with zero attached hydrogens (tertiary/aromatic N) is 3. The van der Waals surface area contributed by atoms with Crippen LogP contribution in [0.2, 0.25) is 0 Å². The number of likely N-dealkylation sites (N-methyl/N-ethyl adjacent to an activating group) is 1. The molecule has 2 fully saturated rings. The molecule has 182 valence electrons. The average Bonchev–Trinajstić information content (AvgIpc) is 3.58. The molecule has 0 bridgehead atoms. The van der Waals surface area contributed by atoms with Gasteiger partial charge in [0.25, 0.3) is 0 Å². The van der Waals surface area contributed by atoms with E-state index in [0.29, 0.717) is 32.5 Å². The highest BCUT2D eigenvalue weighted by Crippen LogP contribution is 2.42. The monoisotopic (exact) mass is 461 g/mol. The summed E-state index contributed by atoms with van der Waals surface area (Å²) in [5.74, 6) is -0.275. The molecule has 3 rings (SSSR count). The summed E-state index contributed by atoms with van der Waals surface area (Å²) in [5.41, 5.74) is -0.379. The van der Waals surface area contributed by atoms with Gasteiger partial charge in [0.05, 0.1) is 13.2 Å². The van der Waals surface area contributed by atoms with E-state index in [1.807, 2.05) is 63.1 Å². The van der Waals surface area contributed by atoms with Crippen molar-refractivity contribution in [3.05, 3.63) is 35.9 Å². The van der Waals surface area contributed by atoms with Gasteiger partial charge in [-0.15, -0.1) is 0 Å². The topological polar surface area (TPSA) is 88.6 Å². The Morgan fingerprint density at radius 1 is 1.09 bits per heavy atom. The molecule has 9 heteroatoms. The standard InChI is InChI=1S/C24H35N3O6/c1-23(2,3)33-21(29)26-13-14-27(22(30)32-17-18-9-7-6-8-10-18)19(16-26)15-25(4)24(11-12-24)20(28)31-5/h6-10,19H,11-17H2,1-5H3. The van der Waals surface area contributed by atoms with E-state index in [1.54, 1.807) is 9.80 Å². The third-order valence-corrected chi connectivity index (χ3v) is 6.08. The largest absolute Gasteiger partial charge is 0.468 e. The maximum absolute atomic E-state index is 13.0. The zero-order chi connectivity index (χ0) is 24.2. The second-order valence-corrected chi connectivity index (χ2v) is 9.72. The second-order valence-electron chi connectivity index (χ2n) is 9.72. The number of hydrogen-bond acceptors (Lipinski definition) is 7. The van der Waals surface area contributed by atoms with Crippen LogP contribution < -0.4 is 0 Å². The van der Waals surface area contributed by atoms with E-state index >= 15 is 0 Å². The van der Waals surface area contributed by atoms with Gasteiger partial charge in [-0.25, -0.2) is 9.59 Å². The number of hydrogen-bond donors (Lipinski definition) is 0. The highest BCUT2D eigenvalue weighted by molar-refractivity contribution is 5.84. The fraction of sp³-hybridized carbons (Fsp3) is 0.625. The van der Waals surface area contributed by atoms with Gasteiger partial charge < -0.3 is 24.0 Å². The molecule has 1 aromatic rings. The molecule has 1 heterocycles. The SMILES string of the molecule is COC(=O)C1(N(C)CC2CN(C(=O)OC(C)(C)C)CCN2C(=O)OCc2ccccc2)CC1. The number of rotatable bonds is 6. The summed E-state index contributed by atoms with van der Waals surface area (Å²) in [4.78, 5) is 43.2. The molecular weight excluding hydrogens is 426 g/mol. The first kappa shape index (κ1) is 24.8. The molecular formula is C24H35N3O6. The van der Waals surface area contributed by atoms with Gasteiger partial charge in [0.1, 0.15) is 17.7 Å². The first-order chi connectivity index (χ1) is 15.6. The third kappa shape index (κ3) is 6.16. The summed E-state index contributed by atoms with van der Waals surface area (Å²) in [6.45, 7) is 6.97. The zero-order valence-corrected chi connectivity index (χ0v) is 20.2. The molecule has 1 aromatic carbocycles. The Balaban J connectivity index is 1.71. The van der Waals surface area contributed by atoms with Crippen LogP contribution in [0, 0.1) is 0 Å². The van der Waals surface area contributed by atoms with Crippen LogP contribution in [-0.4, -0.2) is 90.4 Å². The lowest BCUT2D eigenvalue weighted by Crippen LogP contribution is -2.61. The molecule has 1 atom stereocenters. The Hall–Kier alpha value is -2.81. The van der Waals surface area contributed by atoms with Gasteiger partial charge >= 0.3 is 18.2 Å². The number of methoxy groups -OCH3 is 1. The average molecular weight is 462 g/mol. The van der Waals surface area contributed by atoms with Crippen molar-refractivity contribution in [3.8, 4) is 0 Å². The van der Waals surface area contributed by atoms with Gasteiger partial charge in [-0.1, -0.05) is 30.3 Å². The lowest BCUT2D eigenvalue weighted by Gasteiger charge is -2.43. The van der Waals surface area contributed by atoms with Gasteiger partial charge in [-0.2, -0.15) is 0 Å². The fourth-order valence-corrected chi connectivity index (χ4v) is 4.09. The predicted octanol–water partition coefficient (Wildman–Crippen LogP) is 2.88. The van der Waals surface area contributed by atoms with Crippen LogP contribution in [0.25, 0.3) is 0 Å². The van der Waals surface area contributed by atoms with Gasteiger partial charge in [-0.05, 0) is 46.2 Å². The summed E-state index contributed by atoms with van der Waals surface area (Å²) in [7, 11) is 3.23. The molecule has 9 nitrogen and oxygen atoms in total. The maximum Gasteiger partial charge on any atom is 0.410 e. The maximum atomic E-state index is 13.0. The normalized spacial score (nSPS) is 19.8. The van der Waals surface area contributed by atoms with E-state index in [2.05, 4.69) is 0 Å². The fourth-order valence-electron chi connectivity index (χ4n) is 4.09. The quantitative estimate of drug-likeness (QED) is 0.475. The first-order valence-electron chi connectivity index (χ1n) is 11.3. The molecule has 33 heavy (non-hydrogen) atoms. The Kier molecular flexibility index (Phi) is 7.51. The van der Waals surface area contributed by atoms with Crippen molar-refractivity contribution in [2.45, 2.75) is 57.4 Å². The van der Waals surface area contributed by atoms with Crippen molar-refractivity contribution < 1.29 is 28.6 Å². The van der Waals surface area contributed by atoms with Crippen LogP contribution in [-0.2, 0) is 25.6 Å². The summed E-state index contributed by atoms with van der Waals surface area (Å²) in [6.07, 6.45) is 0.555. The second kappa shape index (κ2) is 9.99. The van der Waals surface area contributed by atoms with Crippen molar-refractivity contribution in [3.63, 3.8) is 0 Å².